The van der Waals surface area contributed by atoms with E-state index in [1.807, 2.05) is 0 Å². The van der Waals surface area contributed by atoms with E-state index in [0.717, 1.165) is 49.0 Å². The summed E-state index contributed by atoms with van der Waals surface area (Å²) in [6.45, 7) is 2.25. The molecule has 0 rings (SSSR count). The topological polar surface area (TPSA) is 0 Å². The average molecular weight is 197 g/mol. The Labute approximate surface area is 98.8 Å². The van der Waals surface area contributed by atoms with E-state index in [9.17, 15) is 17.3 Å². The van der Waals surface area contributed by atoms with Crippen LogP contribution in [0.15, 0.2) is 0 Å². The monoisotopic (exact) mass is 197 g/mol. The van der Waals surface area contributed by atoms with E-state index in [2.05, 4.69) is 6.92 Å². The first-order chi connectivity index (χ1) is 4.91. The molecule has 0 bridgehead atoms. The second-order valence-corrected chi connectivity index (χ2v) is 3.76. The Kier molecular flexibility index (Phi) is 12.9. The summed E-state index contributed by atoms with van der Waals surface area (Å²) in [7, 11) is -6.00. The van der Waals surface area contributed by atoms with Crippen LogP contribution in [0.1, 0.15) is 26.2 Å². The van der Waals surface area contributed by atoms with Crippen molar-refractivity contribution in [1.29, 1.82) is 0 Å². The van der Waals surface area contributed by atoms with Gasteiger partial charge in [0.2, 0.25) is 0 Å². The van der Waals surface area contributed by atoms with Crippen molar-refractivity contribution in [2.45, 2.75) is 26.7 Å². The standard InChI is InChI=1S/C5H11.BF4.K/c1-3-5-4-2;2-1(3,4)5;/h1,3-5H2,2H3;;/q;-1;. The van der Waals surface area contributed by atoms with Crippen molar-refractivity contribution in [2.24, 2.45) is 0 Å². The van der Waals surface area contributed by atoms with Gasteiger partial charge in [0.1, 0.15) is 0 Å². The molecule has 0 aromatic carbocycles. The van der Waals surface area contributed by atoms with Crippen LogP contribution in [0.5, 0.6) is 0 Å². The molecule has 0 amide bonds. The van der Waals surface area contributed by atoms with E-state index in [-0.39, 0.29) is 0 Å². The summed E-state index contributed by atoms with van der Waals surface area (Å²) in [4.78, 5) is 0. The van der Waals surface area contributed by atoms with Crippen LogP contribution < -0.4 is 0 Å². The Morgan fingerprint density at radius 2 is 1.45 bits per heavy atom. The second kappa shape index (κ2) is 9.51. The summed E-state index contributed by atoms with van der Waals surface area (Å²) < 4.78 is 40.5. The van der Waals surface area contributed by atoms with E-state index < -0.39 is 7.25 Å². The van der Waals surface area contributed by atoms with Crippen molar-refractivity contribution in [3.63, 3.8) is 0 Å². The molecule has 0 fully saturated rings. The fourth-order valence-corrected chi connectivity index (χ4v) is 1.28. The molecule has 0 aromatic heterocycles. The Morgan fingerprint density at radius 1 is 1.09 bits per heavy atom. The van der Waals surface area contributed by atoms with Crippen molar-refractivity contribution in [3.8, 4) is 0 Å². The Hall–Kier alpha value is 1.42. The molecule has 0 nitrogen and oxygen atoms in total. The van der Waals surface area contributed by atoms with Gasteiger partial charge in [-0.25, -0.2) is 0 Å². The summed E-state index contributed by atoms with van der Waals surface area (Å²) in [6.07, 6.45) is 4.34. The molecule has 0 spiro atoms. The van der Waals surface area contributed by atoms with Crippen molar-refractivity contribution < 1.29 is 17.3 Å². The normalized spacial score (nSPS) is 10.5. The van der Waals surface area contributed by atoms with Gasteiger partial charge in [-0.05, 0) is 0 Å². The minimum Gasteiger partial charge on any atom is -0.418 e. The molecule has 6 heteroatoms. The van der Waals surface area contributed by atoms with Gasteiger partial charge >= 0.3 is 82.9 Å². The average Bonchev–Trinajstić information content (AvgIpc) is 1.79. The van der Waals surface area contributed by atoms with E-state index in [0.29, 0.717) is 0 Å². The molecule has 0 heterocycles. The number of hydrogen-bond acceptors (Lipinski definition) is 0. The summed E-state index contributed by atoms with van der Waals surface area (Å²) in [5, 5.41) is 0. The largest absolute Gasteiger partial charge is 0.673 e. The zero-order chi connectivity index (χ0) is 9.33. The fourth-order valence-electron chi connectivity index (χ4n) is 0.500. The summed E-state index contributed by atoms with van der Waals surface area (Å²) in [6, 6.07) is 0. The van der Waals surface area contributed by atoms with Crippen LogP contribution in [0, 0.1) is 0 Å². The smallest absolute Gasteiger partial charge is 0.418 e. The molecular formula is C5H11BF4K-. The third-order valence-corrected chi connectivity index (χ3v) is 2.06. The van der Waals surface area contributed by atoms with Crippen LogP contribution in [0.25, 0.3) is 0 Å². The first-order valence-electron chi connectivity index (χ1n) is 3.79. The van der Waals surface area contributed by atoms with Gasteiger partial charge in [0.05, 0.1) is 0 Å². The number of halogens is 4. The van der Waals surface area contributed by atoms with E-state index in [1.54, 1.807) is 0.515 Å². The molecule has 64 valence electrons. The molecule has 0 unspecified atom stereocenters. The molecular weight excluding hydrogens is 186 g/mol. The zero-order valence-corrected chi connectivity index (χ0v) is 10.0. The van der Waals surface area contributed by atoms with Crippen molar-refractivity contribution in [3.05, 3.63) is 0 Å². The van der Waals surface area contributed by atoms with Gasteiger partial charge in [-0.1, -0.05) is 0 Å². The van der Waals surface area contributed by atoms with Crippen molar-refractivity contribution >= 4 is 56.2 Å². The van der Waals surface area contributed by atoms with Gasteiger partial charge in [-0.15, -0.1) is 0 Å². The Morgan fingerprint density at radius 3 is 1.55 bits per heavy atom. The van der Waals surface area contributed by atoms with Gasteiger partial charge in [-0.3, -0.25) is 0 Å². The van der Waals surface area contributed by atoms with E-state index in [1.165, 1.54) is 19.3 Å². The summed E-state index contributed by atoms with van der Waals surface area (Å²) >= 11 is 1.11. The van der Waals surface area contributed by atoms with Gasteiger partial charge in [0.15, 0.2) is 0 Å². The maximum atomic E-state index is 9.75. The Balaban J connectivity index is 0. The molecule has 0 N–H and O–H groups in total. The van der Waals surface area contributed by atoms with Gasteiger partial charge in [-0.2, -0.15) is 0 Å². The number of hydrogen-bond donors (Lipinski definition) is 0. The van der Waals surface area contributed by atoms with Crippen LogP contribution in [0.3, 0.4) is 0 Å². The molecule has 0 aliphatic rings. The molecule has 0 radical (unpaired) electrons. The van der Waals surface area contributed by atoms with Crippen molar-refractivity contribution in [2.75, 3.05) is 0 Å². The molecule has 0 aliphatic carbocycles. The number of rotatable bonds is 3. The van der Waals surface area contributed by atoms with E-state index in [4.69, 9.17) is 0 Å². The van der Waals surface area contributed by atoms with Crippen LogP contribution in [0.2, 0.25) is 0.515 Å². The molecule has 0 aromatic rings. The van der Waals surface area contributed by atoms with Crippen LogP contribution >= 0.6 is 0 Å². The third-order valence-electron chi connectivity index (χ3n) is 0.957. The predicted molar refractivity (Wildman–Crippen MR) is 40.3 cm³/mol. The molecule has 0 atom stereocenters. The van der Waals surface area contributed by atoms with Crippen LogP contribution in [-0.2, 0) is 0 Å². The molecule has 0 saturated carbocycles. The fraction of sp³-hybridized carbons (Fsp3) is 1.00. The second-order valence-electron chi connectivity index (χ2n) is 2.20. The maximum absolute atomic E-state index is 9.75. The summed E-state index contributed by atoms with van der Waals surface area (Å²) in [5.74, 6) is 0. The van der Waals surface area contributed by atoms with Gasteiger partial charge in [0.25, 0.3) is 0 Å². The van der Waals surface area contributed by atoms with Gasteiger partial charge < -0.3 is 17.3 Å². The molecule has 0 aliphatic heterocycles. The first kappa shape index (κ1) is 14.9. The van der Waals surface area contributed by atoms with Crippen LogP contribution in [0.4, 0.5) is 17.3 Å². The minimum absolute atomic E-state index is 1.11. The molecule has 0 saturated heterocycles. The third kappa shape index (κ3) is 51.9. The van der Waals surface area contributed by atoms with Gasteiger partial charge in [0, 0.05) is 0 Å². The van der Waals surface area contributed by atoms with E-state index >= 15 is 0 Å². The van der Waals surface area contributed by atoms with Crippen molar-refractivity contribution in [1.82, 2.24) is 0 Å². The van der Waals surface area contributed by atoms with Crippen LogP contribution in [-0.4, -0.2) is 56.2 Å². The predicted octanol–water partition coefficient (Wildman–Crippen LogP) is 3.06. The molecule has 11 heavy (non-hydrogen) atoms. The first-order valence-corrected chi connectivity index (χ1v) is 6.00. The minimum atomic E-state index is -6.00. The maximum Gasteiger partial charge on any atom is 0.673 e. The zero-order valence-electron chi connectivity index (χ0n) is 6.92. The SMILES string of the molecule is CCCC[CH2][K].F[B-](F)(F)F. The Bertz CT molecular complexity index is 65.4. The number of unbranched alkanes of at least 4 members (excludes halogenated alkanes) is 2. The summed E-state index contributed by atoms with van der Waals surface area (Å²) in [5.41, 5.74) is 0. The quantitative estimate of drug-likeness (QED) is 0.370.